The number of anilines is 1. The average molecular weight is 569 g/mol. The molecule has 0 fully saturated rings. The van der Waals surface area contributed by atoms with Crippen LogP contribution in [0.3, 0.4) is 0 Å². The predicted octanol–water partition coefficient (Wildman–Crippen LogP) is 3.82. The maximum Gasteiger partial charge on any atom is 0.336 e. The number of hydrogen-bond donors (Lipinski definition) is 5. The van der Waals surface area contributed by atoms with Crippen molar-refractivity contribution in [3.05, 3.63) is 89.0 Å². The van der Waals surface area contributed by atoms with E-state index in [1.54, 1.807) is 72.6 Å². The fraction of sp³-hybridized carbons (Fsp3) is 0.214. The number of carboxylic acid groups (broad SMARTS) is 1. The van der Waals surface area contributed by atoms with Crippen LogP contribution in [0.15, 0.2) is 66.7 Å². The smallest absolute Gasteiger partial charge is 0.336 e. The highest BCUT2D eigenvalue weighted by atomic mass is 32.2. The Kier molecular flexibility index (Phi) is 10.7. The van der Waals surface area contributed by atoms with Crippen LogP contribution < -0.4 is 11.1 Å². The highest BCUT2D eigenvalue weighted by molar-refractivity contribution is 7.85. The van der Waals surface area contributed by atoms with Gasteiger partial charge in [0, 0.05) is 36.0 Å². The number of carbonyl (C=O) groups is 3. The first-order valence-corrected chi connectivity index (χ1v) is 13.8. The van der Waals surface area contributed by atoms with Gasteiger partial charge >= 0.3 is 5.97 Å². The van der Waals surface area contributed by atoms with Crippen LogP contribution in [0.2, 0.25) is 0 Å². The molecule has 6 N–H and O–H groups in total. The third-order valence-electron chi connectivity index (χ3n) is 5.40. The Bertz CT molecular complexity index is 1510. The molecule has 0 radical (unpaired) electrons. The summed E-state index contributed by atoms with van der Waals surface area (Å²) in [5.74, 6) is -1.70. The van der Waals surface area contributed by atoms with Crippen molar-refractivity contribution in [2.24, 2.45) is 11.7 Å². The molecule has 0 spiro atoms. The van der Waals surface area contributed by atoms with E-state index in [9.17, 15) is 27.9 Å². The van der Waals surface area contributed by atoms with Crippen LogP contribution in [0.5, 0.6) is 0 Å². The summed E-state index contributed by atoms with van der Waals surface area (Å²) >= 11 is 0. The summed E-state index contributed by atoms with van der Waals surface area (Å²) in [5.41, 5.74) is 7.74. The van der Waals surface area contributed by atoms with E-state index in [4.69, 9.17) is 15.7 Å². The van der Waals surface area contributed by atoms with Crippen LogP contribution in [0.1, 0.15) is 50.5 Å². The SMILES string of the molecule is CC(C)CN(C)C(=O)c1ccc(-c2ccccc2C(=O)Nc2ccc(C(=N)N)cc2)c(C(=O)O)c1.CS(=O)(=O)O. The van der Waals surface area contributed by atoms with Crippen LogP contribution in [0, 0.1) is 11.3 Å². The molecule has 3 aromatic rings. The van der Waals surface area contributed by atoms with Crippen molar-refractivity contribution < 1.29 is 32.5 Å². The van der Waals surface area contributed by atoms with E-state index in [0.29, 0.717) is 35.2 Å². The molecular formula is C28H32N4O7S. The Morgan fingerprint density at radius 1 is 0.950 bits per heavy atom. The molecule has 0 unspecified atom stereocenters. The number of nitrogens with one attached hydrogen (secondary N) is 2. The summed E-state index contributed by atoms with van der Waals surface area (Å²) in [4.78, 5) is 39.6. The largest absolute Gasteiger partial charge is 0.478 e. The monoisotopic (exact) mass is 568 g/mol. The van der Waals surface area contributed by atoms with E-state index >= 15 is 0 Å². The van der Waals surface area contributed by atoms with Gasteiger partial charge in [-0.25, -0.2) is 4.79 Å². The van der Waals surface area contributed by atoms with Gasteiger partial charge in [0.15, 0.2) is 0 Å². The molecule has 212 valence electrons. The molecule has 2 amide bonds. The Labute approximate surface area is 232 Å². The fourth-order valence-electron chi connectivity index (χ4n) is 3.79. The molecule has 0 bridgehead atoms. The Morgan fingerprint density at radius 2 is 1.48 bits per heavy atom. The number of nitrogens with two attached hydrogens (primary N) is 1. The molecule has 0 atom stereocenters. The summed E-state index contributed by atoms with van der Waals surface area (Å²) in [7, 11) is -1.99. The van der Waals surface area contributed by atoms with E-state index in [2.05, 4.69) is 5.32 Å². The van der Waals surface area contributed by atoms with Crippen molar-refractivity contribution in [3.8, 4) is 11.1 Å². The van der Waals surface area contributed by atoms with Crippen LogP contribution >= 0.6 is 0 Å². The molecule has 0 heterocycles. The fourth-order valence-corrected chi connectivity index (χ4v) is 3.79. The Morgan fingerprint density at radius 3 is 2.00 bits per heavy atom. The summed E-state index contributed by atoms with van der Waals surface area (Å²) in [6, 6.07) is 17.7. The molecule has 0 aliphatic heterocycles. The van der Waals surface area contributed by atoms with Crippen molar-refractivity contribution in [2.45, 2.75) is 13.8 Å². The molecule has 40 heavy (non-hydrogen) atoms. The molecule has 0 saturated carbocycles. The van der Waals surface area contributed by atoms with Crippen molar-refractivity contribution in [3.63, 3.8) is 0 Å². The summed E-state index contributed by atoms with van der Waals surface area (Å²) in [6.07, 6.45) is 0.715. The minimum absolute atomic E-state index is 0.0696. The quantitative estimate of drug-likeness (QED) is 0.154. The number of carbonyl (C=O) groups excluding carboxylic acids is 2. The van der Waals surface area contributed by atoms with Gasteiger partial charge in [0.2, 0.25) is 0 Å². The number of nitrogens with zero attached hydrogens (tertiary/aromatic N) is 1. The first-order valence-electron chi connectivity index (χ1n) is 12.0. The molecule has 0 aromatic heterocycles. The second-order valence-corrected chi connectivity index (χ2v) is 10.8. The highest BCUT2D eigenvalue weighted by Gasteiger charge is 2.21. The number of carboxylic acids is 1. The number of amidine groups is 1. The van der Waals surface area contributed by atoms with Crippen molar-refractivity contribution in [1.29, 1.82) is 5.41 Å². The number of rotatable bonds is 8. The van der Waals surface area contributed by atoms with Gasteiger partial charge < -0.3 is 21.1 Å². The van der Waals surface area contributed by atoms with Gasteiger partial charge in [-0.2, -0.15) is 8.42 Å². The predicted molar refractivity (Wildman–Crippen MR) is 154 cm³/mol. The normalized spacial score (nSPS) is 10.8. The van der Waals surface area contributed by atoms with Gasteiger partial charge in [-0.15, -0.1) is 0 Å². The van der Waals surface area contributed by atoms with Gasteiger partial charge in [0.05, 0.1) is 11.8 Å². The van der Waals surface area contributed by atoms with Crippen molar-refractivity contribution in [1.82, 2.24) is 4.90 Å². The second kappa shape index (κ2) is 13.5. The molecular weight excluding hydrogens is 536 g/mol. The number of nitrogen functional groups attached to an aromatic ring is 1. The zero-order chi connectivity index (χ0) is 30.2. The van der Waals surface area contributed by atoms with E-state index in [-0.39, 0.29) is 34.4 Å². The van der Waals surface area contributed by atoms with Gasteiger partial charge in [0.1, 0.15) is 5.84 Å². The summed E-state index contributed by atoms with van der Waals surface area (Å²) < 4.78 is 25.9. The molecule has 0 saturated heterocycles. The van der Waals surface area contributed by atoms with E-state index in [1.807, 2.05) is 13.8 Å². The lowest BCUT2D eigenvalue weighted by Crippen LogP contribution is -2.30. The van der Waals surface area contributed by atoms with Crippen molar-refractivity contribution >= 4 is 39.4 Å². The number of aromatic carboxylic acids is 1. The lowest BCUT2D eigenvalue weighted by molar-refractivity contribution is 0.0697. The van der Waals surface area contributed by atoms with E-state index in [0.717, 1.165) is 0 Å². The molecule has 3 rings (SSSR count). The maximum atomic E-state index is 13.1. The van der Waals surface area contributed by atoms with Crippen molar-refractivity contribution in [2.75, 3.05) is 25.2 Å². The second-order valence-electron chi connectivity index (χ2n) is 9.37. The number of amides is 2. The van der Waals surface area contributed by atoms with Gasteiger partial charge in [-0.3, -0.25) is 19.6 Å². The van der Waals surface area contributed by atoms with Gasteiger partial charge in [-0.1, -0.05) is 38.1 Å². The molecule has 0 aliphatic carbocycles. The maximum absolute atomic E-state index is 13.1. The lowest BCUT2D eigenvalue weighted by Gasteiger charge is -2.20. The zero-order valence-corrected chi connectivity index (χ0v) is 23.3. The Balaban J connectivity index is 0.00000103. The minimum atomic E-state index is -3.67. The first-order chi connectivity index (χ1) is 18.6. The molecule has 3 aromatic carbocycles. The van der Waals surface area contributed by atoms with Crippen LogP contribution in [0.25, 0.3) is 11.1 Å². The average Bonchev–Trinajstić information content (AvgIpc) is 2.86. The Hall–Kier alpha value is -4.55. The lowest BCUT2D eigenvalue weighted by atomic mass is 9.93. The van der Waals surface area contributed by atoms with Crippen LogP contribution in [-0.2, 0) is 10.1 Å². The summed E-state index contributed by atoms with van der Waals surface area (Å²) in [6.45, 7) is 4.53. The minimum Gasteiger partial charge on any atom is -0.478 e. The van der Waals surface area contributed by atoms with Gasteiger partial charge in [0.25, 0.3) is 21.9 Å². The third-order valence-corrected chi connectivity index (χ3v) is 5.40. The third kappa shape index (κ3) is 9.33. The molecule has 0 aliphatic rings. The molecule has 12 heteroatoms. The van der Waals surface area contributed by atoms with E-state index < -0.39 is 22.0 Å². The topological polar surface area (TPSA) is 191 Å². The number of hydrogen-bond acceptors (Lipinski definition) is 6. The number of benzene rings is 3. The zero-order valence-electron chi connectivity index (χ0n) is 22.5. The standard InChI is InChI=1S/C27H28N4O4.CH4O3S/c1-16(2)15-31(3)26(33)18-10-13-21(23(14-18)27(34)35)20-6-4-5-7-22(20)25(32)30-19-11-8-17(9-12-19)24(28)29;1-5(2,3)4/h4-14,16H,15H2,1-3H3,(H3,28,29)(H,30,32)(H,34,35);1H3,(H,2,3,4). The first kappa shape index (κ1) is 31.7. The summed E-state index contributed by atoms with van der Waals surface area (Å²) in [5, 5.41) is 20.2. The highest BCUT2D eigenvalue weighted by Crippen LogP contribution is 2.29. The van der Waals surface area contributed by atoms with Crippen LogP contribution in [0.4, 0.5) is 5.69 Å². The van der Waals surface area contributed by atoms with Crippen LogP contribution in [-0.4, -0.2) is 66.4 Å². The molecule has 11 nitrogen and oxygen atoms in total. The van der Waals surface area contributed by atoms with E-state index in [1.165, 1.54) is 6.07 Å². The van der Waals surface area contributed by atoms with Gasteiger partial charge in [-0.05, 0) is 59.5 Å².